The Morgan fingerprint density at radius 3 is 2.20 bits per heavy atom. The van der Waals surface area contributed by atoms with E-state index in [1.165, 1.54) is 7.11 Å². The Labute approximate surface area is 110 Å². The number of methoxy groups -OCH3 is 1. The molecule has 5 heteroatoms. The van der Waals surface area contributed by atoms with Gasteiger partial charge >= 0.3 is 29.6 Å². The maximum Gasteiger partial charge on any atom is 1.00 e. The van der Waals surface area contributed by atoms with E-state index in [0.717, 1.165) is 0 Å². The van der Waals surface area contributed by atoms with Gasteiger partial charge in [-0.15, -0.1) is 0 Å². The molecule has 0 aromatic heterocycles. The van der Waals surface area contributed by atoms with Crippen LogP contribution in [0.1, 0.15) is 5.56 Å². The van der Waals surface area contributed by atoms with Crippen LogP contribution >= 0.6 is 0 Å². The fourth-order valence-electron chi connectivity index (χ4n) is 1.00. The SMILES string of the molecule is COc1ccc(CC(=O)C(=O)[O-])cc1.[Na+]. The number of carbonyl (C=O) groups excluding carboxylic acids is 2. The van der Waals surface area contributed by atoms with Gasteiger partial charge in [0.05, 0.1) is 7.11 Å². The second-order valence-electron chi connectivity index (χ2n) is 2.74. The Hall–Kier alpha value is -0.840. The van der Waals surface area contributed by atoms with Crippen molar-refractivity contribution >= 4 is 11.8 Å². The van der Waals surface area contributed by atoms with E-state index in [-0.39, 0.29) is 36.0 Å². The molecular weight excluding hydrogens is 207 g/mol. The van der Waals surface area contributed by atoms with Crippen molar-refractivity contribution in [2.75, 3.05) is 7.11 Å². The molecule has 1 aromatic carbocycles. The van der Waals surface area contributed by atoms with E-state index in [4.69, 9.17) is 4.74 Å². The number of rotatable bonds is 4. The first-order valence-corrected chi connectivity index (χ1v) is 4.00. The van der Waals surface area contributed by atoms with Gasteiger partial charge in [0, 0.05) is 6.42 Å². The number of Topliss-reactive ketones (excluding diaryl/α,β-unsaturated/α-hetero) is 1. The Balaban J connectivity index is 0.00000196. The number of aliphatic carboxylic acids is 1. The van der Waals surface area contributed by atoms with Crippen LogP contribution in [0.3, 0.4) is 0 Å². The van der Waals surface area contributed by atoms with Gasteiger partial charge in [-0.3, -0.25) is 4.79 Å². The fourth-order valence-corrected chi connectivity index (χ4v) is 1.00. The van der Waals surface area contributed by atoms with Gasteiger partial charge in [0.1, 0.15) is 11.7 Å². The summed E-state index contributed by atoms with van der Waals surface area (Å²) in [4.78, 5) is 20.9. The van der Waals surface area contributed by atoms with Crippen molar-refractivity contribution in [3.05, 3.63) is 29.8 Å². The van der Waals surface area contributed by atoms with E-state index in [1.54, 1.807) is 24.3 Å². The average Bonchev–Trinajstić information content (AvgIpc) is 2.19. The van der Waals surface area contributed by atoms with Crippen LogP contribution in [0.25, 0.3) is 0 Å². The van der Waals surface area contributed by atoms with E-state index in [2.05, 4.69) is 0 Å². The van der Waals surface area contributed by atoms with Gasteiger partial charge in [0.2, 0.25) is 0 Å². The van der Waals surface area contributed by atoms with Gasteiger partial charge in [-0.25, -0.2) is 0 Å². The molecule has 0 amide bonds. The van der Waals surface area contributed by atoms with Crippen LogP contribution < -0.4 is 39.4 Å². The molecule has 15 heavy (non-hydrogen) atoms. The number of carboxylic acid groups (broad SMARTS) is 1. The standard InChI is InChI=1S/C10H10O4.Na/c1-14-8-4-2-7(3-5-8)6-9(11)10(12)13;/h2-5H,6H2,1H3,(H,12,13);/q;+1/p-1. The van der Waals surface area contributed by atoms with E-state index in [1.807, 2.05) is 0 Å². The third-order valence-corrected chi connectivity index (χ3v) is 1.75. The van der Waals surface area contributed by atoms with E-state index in [9.17, 15) is 14.7 Å². The zero-order valence-electron chi connectivity index (χ0n) is 8.65. The van der Waals surface area contributed by atoms with Crippen molar-refractivity contribution in [1.82, 2.24) is 0 Å². The summed E-state index contributed by atoms with van der Waals surface area (Å²) in [5, 5.41) is 10.1. The minimum absolute atomic E-state index is 0. The maximum atomic E-state index is 10.8. The van der Waals surface area contributed by atoms with E-state index >= 15 is 0 Å². The molecule has 0 unspecified atom stereocenters. The van der Waals surface area contributed by atoms with Gasteiger partial charge in [0.15, 0.2) is 5.78 Å². The van der Waals surface area contributed by atoms with Crippen LogP contribution in [0.15, 0.2) is 24.3 Å². The first kappa shape index (κ1) is 14.2. The summed E-state index contributed by atoms with van der Waals surface area (Å²) < 4.78 is 4.91. The molecule has 74 valence electrons. The maximum absolute atomic E-state index is 10.8. The monoisotopic (exact) mass is 216 g/mol. The van der Waals surface area contributed by atoms with Crippen molar-refractivity contribution in [2.45, 2.75) is 6.42 Å². The van der Waals surface area contributed by atoms with Crippen LogP contribution in [0.2, 0.25) is 0 Å². The molecule has 0 spiro atoms. The summed E-state index contributed by atoms with van der Waals surface area (Å²) in [6, 6.07) is 6.61. The molecule has 0 bridgehead atoms. The van der Waals surface area contributed by atoms with Crippen molar-refractivity contribution in [2.24, 2.45) is 0 Å². The topological polar surface area (TPSA) is 66.4 Å². The van der Waals surface area contributed by atoms with Gasteiger partial charge in [0.25, 0.3) is 0 Å². The minimum atomic E-state index is -1.65. The van der Waals surface area contributed by atoms with Crippen molar-refractivity contribution in [3.63, 3.8) is 0 Å². The van der Waals surface area contributed by atoms with Gasteiger partial charge in [-0.05, 0) is 17.7 Å². The molecule has 0 radical (unpaired) electrons. The molecule has 0 aliphatic carbocycles. The molecule has 0 N–H and O–H groups in total. The number of hydrogen-bond acceptors (Lipinski definition) is 4. The molecule has 0 fully saturated rings. The third kappa shape index (κ3) is 4.46. The smallest absolute Gasteiger partial charge is 0.542 e. The molecule has 0 aliphatic heterocycles. The second-order valence-corrected chi connectivity index (χ2v) is 2.74. The van der Waals surface area contributed by atoms with Crippen LogP contribution in [0, 0.1) is 0 Å². The molecule has 0 saturated carbocycles. The predicted molar refractivity (Wildman–Crippen MR) is 46.7 cm³/mol. The van der Waals surface area contributed by atoms with Crippen LogP contribution in [0.5, 0.6) is 5.75 Å². The Bertz CT molecular complexity index is 345. The number of hydrogen-bond donors (Lipinski definition) is 0. The number of ketones is 1. The molecule has 0 aliphatic rings. The predicted octanol–water partition coefficient (Wildman–Crippen LogP) is -3.44. The molecule has 0 saturated heterocycles. The van der Waals surface area contributed by atoms with Crippen LogP contribution in [0.4, 0.5) is 0 Å². The first-order valence-electron chi connectivity index (χ1n) is 4.00. The average molecular weight is 216 g/mol. The molecule has 1 rings (SSSR count). The third-order valence-electron chi connectivity index (χ3n) is 1.75. The summed E-state index contributed by atoms with van der Waals surface area (Å²) in [6.07, 6.45) is -0.147. The van der Waals surface area contributed by atoms with Gasteiger partial charge < -0.3 is 14.6 Å². The number of carbonyl (C=O) groups is 2. The quantitative estimate of drug-likeness (QED) is 0.388. The Kier molecular flexibility index (Phi) is 6.24. The Morgan fingerprint density at radius 2 is 1.80 bits per heavy atom. The summed E-state index contributed by atoms with van der Waals surface area (Å²) in [5.41, 5.74) is 0.625. The fraction of sp³-hybridized carbons (Fsp3) is 0.200. The van der Waals surface area contributed by atoms with Crippen molar-refractivity contribution in [1.29, 1.82) is 0 Å². The molecule has 1 aromatic rings. The first-order chi connectivity index (χ1) is 6.63. The van der Waals surface area contributed by atoms with E-state index in [0.29, 0.717) is 11.3 Å². The summed E-state index contributed by atoms with van der Waals surface area (Å²) >= 11 is 0. The number of benzene rings is 1. The molecular formula is C10H9NaO4. The summed E-state index contributed by atoms with van der Waals surface area (Å²) in [7, 11) is 1.53. The summed E-state index contributed by atoms with van der Waals surface area (Å²) in [6.45, 7) is 0. The van der Waals surface area contributed by atoms with Crippen molar-refractivity contribution in [3.8, 4) is 5.75 Å². The van der Waals surface area contributed by atoms with E-state index < -0.39 is 11.8 Å². The van der Waals surface area contributed by atoms with Gasteiger partial charge in [-0.1, -0.05) is 12.1 Å². The molecule has 0 atom stereocenters. The van der Waals surface area contributed by atoms with Crippen LogP contribution in [-0.4, -0.2) is 18.9 Å². The van der Waals surface area contributed by atoms with Gasteiger partial charge in [-0.2, -0.15) is 0 Å². The number of carboxylic acids is 1. The number of ether oxygens (including phenoxy) is 1. The zero-order chi connectivity index (χ0) is 10.6. The van der Waals surface area contributed by atoms with Crippen molar-refractivity contribution < 1.29 is 49.0 Å². The normalized spacial score (nSPS) is 8.87. The largest absolute Gasteiger partial charge is 1.00 e. The minimum Gasteiger partial charge on any atom is -0.542 e. The Morgan fingerprint density at radius 1 is 1.27 bits per heavy atom. The molecule has 0 heterocycles. The molecule has 4 nitrogen and oxygen atoms in total. The van der Waals surface area contributed by atoms with Crippen LogP contribution in [-0.2, 0) is 16.0 Å². The zero-order valence-corrected chi connectivity index (χ0v) is 10.6. The second kappa shape index (κ2) is 6.61. The summed E-state index contributed by atoms with van der Waals surface area (Å²) in [5.74, 6) is -1.91.